The average molecular weight is 326 g/mol. The number of benzene rings is 1. The van der Waals surface area contributed by atoms with Crippen molar-refractivity contribution in [3.8, 4) is 5.75 Å². The van der Waals surface area contributed by atoms with Gasteiger partial charge < -0.3 is 9.84 Å². The van der Waals surface area contributed by atoms with E-state index < -0.39 is 16.0 Å². The molecule has 0 spiro atoms. The molecule has 22 heavy (non-hydrogen) atoms. The lowest BCUT2D eigenvalue weighted by Gasteiger charge is -2.08. The Bertz CT molecular complexity index is 754. The lowest BCUT2D eigenvalue weighted by atomic mass is 10.2. The number of sulfonamides is 1. The molecule has 9 nitrogen and oxygen atoms in total. The molecule has 2 N–H and O–H groups in total. The molecule has 0 unspecified atom stereocenters. The molecule has 1 aromatic carbocycles. The molecule has 0 saturated heterocycles. The Labute approximate surface area is 126 Å². The lowest BCUT2D eigenvalue weighted by Crippen LogP contribution is -2.29. The van der Waals surface area contributed by atoms with E-state index in [2.05, 4.69) is 15.0 Å². The summed E-state index contributed by atoms with van der Waals surface area (Å²) in [5, 5.41) is 15.8. The molecular weight excluding hydrogens is 312 g/mol. The fraction of sp³-hybridized carbons (Fsp3) is 0.250. The van der Waals surface area contributed by atoms with Crippen LogP contribution in [0.5, 0.6) is 5.75 Å². The number of carboxylic acid groups (broad SMARTS) is 1. The monoisotopic (exact) mass is 326 g/mol. The normalized spacial score (nSPS) is 11.3. The Hall–Kier alpha value is -2.46. The van der Waals surface area contributed by atoms with E-state index in [1.165, 1.54) is 31.3 Å². The van der Waals surface area contributed by atoms with E-state index in [4.69, 9.17) is 9.84 Å². The minimum absolute atomic E-state index is 0.0432. The molecule has 0 aliphatic rings. The smallest absolute Gasteiger partial charge is 0.335 e. The van der Waals surface area contributed by atoms with Crippen LogP contribution in [0.25, 0.3) is 0 Å². The molecule has 118 valence electrons. The van der Waals surface area contributed by atoms with Crippen LogP contribution in [0.15, 0.2) is 35.5 Å². The predicted molar refractivity (Wildman–Crippen MR) is 75.1 cm³/mol. The first kappa shape index (κ1) is 15.9. The fourth-order valence-electron chi connectivity index (χ4n) is 1.64. The first-order valence-corrected chi connectivity index (χ1v) is 7.69. The molecule has 2 aromatic rings. The number of nitrogens with one attached hydrogen (secondary N) is 1. The van der Waals surface area contributed by atoms with Gasteiger partial charge in [0, 0.05) is 13.6 Å². The van der Waals surface area contributed by atoms with E-state index in [0.717, 1.165) is 10.9 Å². The minimum atomic E-state index is -3.69. The van der Waals surface area contributed by atoms with Crippen LogP contribution in [0, 0.1) is 0 Å². The van der Waals surface area contributed by atoms with Gasteiger partial charge in [0.2, 0.25) is 0 Å². The third kappa shape index (κ3) is 3.80. The van der Waals surface area contributed by atoms with Crippen molar-refractivity contribution in [3.63, 3.8) is 0 Å². The van der Waals surface area contributed by atoms with Gasteiger partial charge in [-0.05, 0) is 24.3 Å². The molecule has 0 aliphatic heterocycles. The van der Waals surface area contributed by atoms with Gasteiger partial charge in [-0.2, -0.15) is 0 Å². The van der Waals surface area contributed by atoms with E-state index in [1.807, 2.05) is 0 Å². The van der Waals surface area contributed by atoms with Crippen LogP contribution < -0.4 is 9.46 Å². The van der Waals surface area contributed by atoms with Gasteiger partial charge in [-0.3, -0.25) is 0 Å². The molecule has 10 heteroatoms. The average Bonchev–Trinajstić information content (AvgIpc) is 2.91. The summed E-state index contributed by atoms with van der Waals surface area (Å²) in [5.41, 5.74) is 0.150. The number of aromatic nitrogens is 3. The Morgan fingerprint density at radius 3 is 2.59 bits per heavy atom. The van der Waals surface area contributed by atoms with Crippen LogP contribution in [0.3, 0.4) is 0 Å². The topological polar surface area (TPSA) is 123 Å². The third-order valence-electron chi connectivity index (χ3n) is 2.71. The van der Waals surface area contributed by atoms with Gasteiger partial charge in [0.05, 0.1) is 11.8 Å². The van der Waals surface area contributed by atoms with Gasteiger partial charge in [-0.1, -0.05) is 5.21 Å². The van der Waals surface area contributed by atoms with Crippen molar-refractivity contribution in [1.29, 1.82) is 0 Å². The van der Waals surface area contributed by atoms with Crippen molar-refractivity contribution in [3.05, 3.63) is 36.0 Å². The van der Waals surface area contributed by atoms with Crippen molar-refractivity contribution >= 4 is 16.0 Å². The summed E-state index contributed by atoms with van der Waals surface area (Å²) < 4.78 is 32.7. The number of nitrogens with zero attached hydrogens (tertiary/aromatic N) is 3. The highest BCUT2D eigenvalue weighted by Gasteiger charge is 2.18. The predicted octanol–water partition coefficient (Wildman–Crippen LogP) is -0.129. The number of aromatic carboxylic acids is 1. The molecule has 0 atom stereocenters. The summed E-state index contributed by atoms with van der Waals surface area (Å²) in [6, 6.07) is 5.82. The van der Waals surface area contributed by atoms with Crippen molar-refractivity contribution in [2.75, 3.05) is 13.2 Å². The summed E-state index contributed by atoms with van der Waals surface area (Å²) in [4.78, 5) is 10.7. The van der Waals surface area contributed by atoms with Gasteiger partial charge in [0.25, 0.3) is 10.0 Å². The second-order valence-corrected chi connectivity index (χ2v) is 5.99. The quantitative estimate of drug-likeness (QED) is 0.679. The molecule has 0 radical (unpaired) electrons. The molecule has 2 rings (SSSR count). The molecule has 0 fully saturated rings. The number of rotatable bonds is 7. The van der Waals surface area contributed by atoms with Gasteiger partial charge in [0.15, 0.2) is 5.03 Å². The second-order valence-electron chi connectivity index (χ2n) is 4.27. The number of hydrogen-bond acceptors (Lipinski definition) is 6. The maximum Gasteiger partial charge on any atom is 0.335 e. The zero-order valence-electron chi connectivity index (χ0n) is 11.6. The Morgan fingerprint density at radius 2 is 2.05 bits per heavy atom. The van der Waals surface area contributed by atoms with E-state index in [0.29, 0.717) is 5.75 Å². The molecule has 0 saturated carbocycles. The maximum absolute atomic E-state index is 11.9. The zero-order valence-corrected chi connectivity index (χ0v) is 12.4. The number of hydrogen-bond donors (Lipinski definition) is 2. The van der Waals surface area contributed by atoms with Gasteiger partial charge in [0.1, 0.15) is 12.4 Å². The molecule has 0 aliphatic carbocycles. The largest absolute Gasteiger partial charge is 0.492 e. The van der Waals surface area contributed by atoms with Crippen LogP contribution in [0.4, 0.5) is 0 Å². The molecule has 0 amide bonds. The zero-order chi connectivity index (χ0) is 16.2. The maximum atomic E-state index is 11.9. The van der Waals surface area contributed by atoms with Crippen molar-refractivity contribution in [2.45, 2.75) is 5.03 Å². The first-order valence-electron chi connectivity index (χ1n) is 6.20. The minimum Gasteiger partial charge on any atom is -0.492 e. The van der Waals surface area contributed by atoms with Crippen LogP contribution in [-0.4, -0.2) is 47.6 Å². The Morgan fingerprint density at radius 1 is 1.36 bits per heavy atom. The van der Waals surface area contributed by atoms with E-state index in [9.17, 15) is 13.2 Å². The Balaban J connectivity index is 1.84. The lowest BCUT2D eigenvalue weighted by molar-refractivity contribution is 0.0697. The highest BCUT2D eigenvalue weighted by Crippen LogP contribution is 2.12. The number of carbonyl (C=O) groups is 1. The van der Waals surface area contributed by atoms with Crippen LogP contribution in [0.2, 0.25) is 0 Å². The number of aryl methyl sites for hydroxylation is 1. The third-order valence-corrected chi connectivity index (χ3v) is 4.22. The van der Waals surface area contributed by atoms with Crippen LogP contribution in [-0.2, 0) is 17.1 Å². The summed E-state index contributed by atoms with van der Waals surface area (Å²) in [7, 11) is -2.22. The SMILES string of the molecule is Cn1nncc1S(=O)(=O)NCCOc1ccc(C(=O)O)cc1. The van der Waals surface area contributed by atoms with Crippen LogP contribution in [0.1, 0.15) is 10.4 Å². The standard InChI is InChI=1S/C12H14N4O5S/c1-16-11(8-13-15-16)22(19,20)14-6-7-21-10-4-2-9(3-5-10)12(17)18/h2-5,8,14H,6-7H2,1H3,(H,17,18). The van der Waals surface area contributed by atoms with E-state index in [-0.39, 0.29) is 23.7 Å². The van der Waals surface area contributed by atoms with Crippen molar-refractivity contribution in [1.82, 2.24) is 19.7 Å². The summed E-state index contributed by atoms with van der Waals surface area (Å²) in [6.07, 6.45) is 1.15. The van der Waals surface area contributed by atoms with E-state index in [1.54, 1.807) is 0 Å². The summed E-state index contributed by atoms with van der Waals surface area (Å²) >= 11 is 0. The summed E-state index contributed by atoms with van der Waals surface area (Å²) in [6.45, 7) is 0.144. The van der Waals surface area contributed by atoms with Gasteiger partial charge >= 0.3 is 5.97 Å². The van der Waals surface area contributed by atoms with Crippen molar-refractivity contribution < 1.29 is 23.1 Å². The van der Waals surface area contributed by atoms with Crippen LogP contribution >= 0.6 is 0 Å². The second kappa shape index (κ2) is 6.54. The van der Waals surface area contributed by atoms with E-state index >= 15 is 0 Å². The van der Waals surface area contributed by atoms with Crippen molar-refractivity contribution in [2.24, 2.45) is 7.05 Å². The highest BCUT2D eigenvalue weighted by molar-refractivity contribution is 7.89. The Kier molecular flexibility index (Phi) is 4.73. The molecular formula is C12H14N4O5S. The van der Waals surface area contributed by atoms with Gasteiger partial charge in [-0.25, -0.2) is 22.6 Å². The first-order chi connectivity index (χ1) is 10.4. The summed E-state index contributed by atoms with van der Waals surface area (Å²) in [5.74, 6) is -0.574. The highest BCUT2D eigenvalue weighted by atomic mass is 32.2. The molecule has 1 aromatic heterocycles. The number of ether oxygens (including phenoxy) is 1. The molecule has 0 bridgehead atoms. The number of carboxylic acids is 1. The van der Waals surface area contributed by atoms with Gasteiger partial charge in [-0.15, -0.1) is 5.10 Å². The fourth-order valence-corrected chi connectivity index (χ4v) is 2.71. The molecule has 1 heterocycles.